The number of hydrogen-bond donors (Lipinski definition) is 7. The first-order valence-corrected chi connectivity index (χ1v) is 15.7. The molecule has 7 N–H and O–H groups in total. The fraction of sp³-hybridized carbons (Fsp3) is 0.625. The lowest BCUT2D eigenvalue weighted by molar-refractivity contribution is -0.270. The summed E-state index contributed by atoms with van der Waals surface area (Å²) in [6.45, 7) is 5.41. The highest BCUT2D eigenvalue weighted by molar-refractivity contribution is 5.88. The molecule has 1 aliphatic heterocycles. The van der Waals surface area contributed by atoms with Gasteiger partial charge in [0.05, 0.1) is 6.61 Å². The summed E-state index contributed by atoms with van der Waals surface area (Å²) in [5, 5.41) is 40.9. The highest BCUT2D eigenvalue weighted by Crippen LogP contribution is 2.22. The van der Waals surface area contributed by atoms with Gasteiger partial charge in [0, 0.05) is 39.5 Å². The molecule has 13 heteroatoms. The number of hydrogen-bond acceptors (Lipinski definition) is 9. The summed E-state index contributed by atoms with van der Waals surface area (Å²) in [6, 6.07) is 7.81. The van der Waals surface area contributed by atoms with E-state index in [4.69, 9.17) is 9.47 Å². The third-order valence-corrected chi connectivity index (χ3v) is 7.40. The van der Waals surface area contributed by atoms with Gasteiger partial charge in [0.15, 0.2) is 6.29 Å². The van der Waals surface area contributed by atoms with Crippen LogP contribution in [0, 0.1) is 0 Å². The minimum Gasteiger partial charge on any atom is -0.394 e. The van der Waals surface area contributed by atoms with Gasteiger partial charge in [-0.05, 0) is 37.3 Å². The standard InChI is InChI=1S/C32H50N4O9/c1-3-26(39)33-17-12-7-10-16-27(40)36-24(20-23-14-8-6-9-15-23)31(43)34-18-11-4-5-13-19-44-32-28(35-22(2)38)30(42)29(41)25(21-37)45-32/h3,6,8-9,14-15,24-25,28-30,32,37,41-42H,1,4-5,7,10-13,16-21H2,2H3,(H,33,39)(H,34,43)(H,35,38)(H,36,40)/t24-,25?,28?,29+,30+,32+/m0/s1. The van der Waals surface area contributed by atoms with Crippen molar-refractivity contribution in [1.29, 1.82) is 0 Å². The van der Waals surface area contributed by atoms with Gasteiger partial charge < -0.3 is 46.1 Å². The van der Waals surface area contributed by atoms with Crippen molar-refractivity contribution in [2.45, 2.75) is 101 Å². The van der Waals surface area contributed by atoms with Crippen LogP contribution in [-0.2, 0) is 35.1 Å². The Morgan fingerprint density at radius 1 is 0.956 bits per heavy atom. The number of carbonyl (C=O) groups is 4. The maximum atomic E-state index is 13.0. The molecule has 1 aliphatic rings. The fourth-order valence-electron chi connectivity index (χ4n) is 4.92. The molecule has 13 nitrogen and oxygen atoms in total. The lowest BCUT2D eigenvalue weighted by Crippen LogP contribution is -2.64. The van der Waals surface area contributed by atoms with Crippen LogP contribution in [0.5, 0.6) is 0 Å². The molecule has 1 aromatic carbocycles. The summed E-state index contributed by atoms with van der Waals surface area (Å²) in [5.41, 5.74) is 0.936. The van der Waals surface area contributed by atoms with E-state index in [2.05, 4.69) is 27.8 Å². The Hall–Kier alpha value is -3.36. The van der Waals surface area contributed by atoms with Gasteiger partial charge in [-0.15, -0.1) is 0 Å². The number of rotatable bonds is 21. The maximum absolute atomic E-state index is 13.0. The van der Waals surface area contributed by atoms with Crippen LogP contribution in [0.25, 0.3) is 0 Å². The minimum absolute atomic E-state index is 0.198. The summed E-state index contributed by atoms with van der Waals surface area (Å²) in [4.78, 5) is 48.4. The van der Waals surface area contributed by atoms with Crippen molar-refractivity contribution < 1.29 is 44.0 Å². The first kappa shape index (κ1) is 37.8. The molecule has 1 saturated heterocycles. The number of nitrogens with one attached hydrogen (secondary N) is 4. The monoisotopic (exact) mass is 634 g/mol. The average molecular weight is 635 g/mol. The fourth-order valence-corrected chi connectivity index (χ4v) is 4.92. The molecule has 0 bridgehead atoms. The SMILES string of the molecule is C=CC(=O)NCCCCCC(=O)N[C@@H](Cc1ccccc1)C(=O)NCCCCCCO[C@@H]1OC(CO)[C@@H](O)[C@H](O)C1NC(C)=O. The van der Waals surface area contributed by atoms with Crippen LogP contribution >= 0.6 is 0 Å². The van der Waals surface area contributed by atoms with Gasteiger partial charge in [0.1, 0.15) is 30.4 Å². The van der Waals surface area contributed by atoms with E-state index in [1.807, 2.05) is 30.3 Å². The molecule has 6 atom stereocenters. The van der Waals surface area contributed by atoms with Crippen molar-refractivity contribution in [3.8, 4) is 0 Å². The van der Waals surface area contributed by atoms with Crippen LogP contribution in [-0.4, -0.2) is 102 Å². The van der Waals surface area contributed by atoms with Gasteiger partial charge in [-0.3, -0.25) is 19.2 Å². The lowest BCUT2D eigenvalue weighted by atomic mass is 9.97. The molecule has 45 heavy (non-hydrogen) atoms. The molecule has 0 aromatic heterocycles. The van der Waals surface area contributed by atoms with Crippen molar-refractivity contribution >= 4 is 23.6 Å². The summed E-state index contributed by atoms with van der Waals surface area (Å²) in [7, 11) is 0. The predicted octanol–water partition coefficient (Wildman–Crippen LogP) is 0.213. The van der Waals surface area contributed by atoms with E-state index in [0.717, 1.165) is 31.2 Å². The minimum atomic E-state index is -1.36. The van der Waals surface area contributed by atoms with Gasteiger partial charge in [-0.2, -0.15) is 0 Å². The van der Waals surface area contributed by atoms with Gasteiger partial charge >= 0.3 is 0 Å². The van der Waals surface area contributed by atoms with Gasteiger partial charge in [-0.25, -0.2) is 0 Å². The molecular formula is C32H50N4O9. The van der Waals surface area contributed by atoms with Gasteiger partial charge in [0.25, 0.3) is 0 Å². The van der Waals surface area contributed by atoms with Gasteiger partial charge in [0.2, 0.25) is 23.6 Å². The molecule has 2 rings (SSSR count). The van der Waals surface area contributed by atoms with Gasteiger partial charge in [-0.1, -0.05) is 56.2 Å². The zero-order chi connectivity index (χ0) is 33.0. The molecule has 252 valence electrons. The van der Waals surface area contributed by atoms with E-state index in [9.17, 15) is 34.5 Å². The molecule has 0 saturated carbocycles. The number of aliphatic hydroxyl groups excluding tert-OH is 3. The second kappa shape index (κ2) is 21.4. The molecule has 4 amide bonds. The van der Waals surface area contributed by atoms with E-state index in [1.54, 1.807) is 0 Å². The number of unbranched alkanes of at least 4 members (excludes halogenated alkanes) is 5. The number of carbonyl (C=O) groups excluding carboxylic acids is 4. The van der Waals surface area contributed by atoms with Crippen LogP contribution in [0.3, 0.4) is 0 Å². The molecule has 2 unspecified atom stereocenters. The molecule has 1 heterocycles. The Kier molecular flexibility index (Phi) is 18.0. The van der Waals surface area contributed by atoms with Crippen LogP contribution in [0.1, 0.15) is 63.9 Å². The smallest absolute Gasteiger partial charge is 0.243 e. The van der Waals surface area contributed by atoms with E-state index in [1.165, 1.54) is 13.0 Å². The predicted molar refractivity (Wildman–Crippen MR) is 167 cm³/mol. The second-order valence-electron chi connectivity index (χ2n) is 11.1. The highest BCUT2D eigenvalue weighted by atomic mass is 16.7. The van der Waals surface area contributed by atoms with E-state index in [0.29, 0.717) is 38.8 Å². The largest absolute Gasteiger partial charge is 0.394 e. The van der Waals surface area contributed by atoms with Crippen LogP contribution in [0.4, 0.5) is 0 Å². The van der Waals surface area contributed by atoms with Crippen LogP contribution in [0.15, 0.2) is 43.0 Å². The first-order valence-electron chi connectivity index (χ1n) is 15.7. The van der Waals surface area contributed by atoms with Crippen molar-refractivity contribution in [2.75, 3.05) is 26.3 Å². The maximum Gasteiger partial charge on any atom is 0.243 e. The first-order chi connectivity index (χ1) is 21.7. The molecular weight excluding hydrogens is 584 g/mol. The highest BCUT2D eigenvalue weighted by Gasteiger charge is 2.45. The summed E-state index contributed by atoms with van der Waals surface area (Å²) in [5.74, 6) is -1.08. The Bertz CT molecular complexity index is 1060. The average Bonchev–Trinajstić information content (AvgIpc) is 3.02. The summed E-state index contributed by atoms with van der Waals surface area (Å²) < 4.78 is 11.3. The van der Waals surface area contributed by atoms with E-state index >= 15 is 0 Å². The Morgan fingerprint density at radius 3 is 2.29 bits per heavy atom. The zero-order valence-electron chi connectivity index (χ0n) is 26.1. The quantitative estimate of drug-likeness (QED) is 0.0731. The number of aliphatic hydroxyl groups is 3. The molecule has 1 fully saturated rings. The van der Waals surface area contributed by atoms with Crippen molar-refractivity contribution in [2.24, 2.45) is 0 Å². The van der Waals surface area contributed by atoms with Crippen molar-refractivity contribution in [3.05, 3.63) is 48.6 Å². The third-order valence-electron chi connectivity index (χ3n) is 7.40. The molecule has 0 radical (unpaired) electrons. The third kappa shape index (κ3) is 14.5. The molecule has 0 aliphatic carbocycles. The summed E-state index contributed by atoms with van der Waals surface area (Å²) >= 11 is 0. The van der Waals surface area contributed by atoms with E-state index in [-0.39, 0.29) is 30.7 Å². The lowest BCUT2D eigenvalue weighted by Gasteiger charge is -2.42. The Morgan fingerprint density at radius 2 is 1.62 bits per heavy atom. The van der Waals surface area contributed by atoms with Crippen LogP contribution in [0.2, 0.25) is 0 Å². The number of amides is 4. The second-order valence-corrected chi connectivity index (χ2v) is 11.1. The topological polar surface area (TPSA) is 196 Å². The normalized spacial score (nSPS) is 21.7. The van der Waals surface area contributed by atoms with Crippen molar-refractivity contribution in [3.63, 3.8) is 0 Å². The van der Waals surface area contributed by atoms with Crippen molar-refractivity contribution in [1.82, 2.24) is 21.3 Å². The summed E-state index contributed by atoms with van der Waals surface area (Å²) in [6.07, 6.45) is 2.20. The van der Waals surface area contributed by atoms with Crippen LogP contribution < -0.4 is 21.3 Å². The number of ether oxygens (including phenoxy) is 2. The zero-order valence-corrected chi connectivity index (χ0v) is 26.1. The Labute approximate surface area is 265 Å². The molecule has 0 spiro atoms. The Balaban J connectivity index is 1.71. The molecule has 1 aromatic rings. The van der Waals surface area contributed by atoms with E-state index < -0.39 is 49.2 Å². The number of benzene rings is 1.